The summed E-state index contributed by atoms with van der Waals surface area (Å²) in [4.78, 5) is 50.4. The van der Waals surface area contributed by atoms with Gasteiger partial charge in [0.1, 0.15) is 23.2 Å². The summed E-state index contributed by atoms with van der Waals surface area (Å²) >= 11 is 1.05. The number of H-pyrrole nitrogens is 1. The van der Waals surface area contributed by atoms with Crippen molar-refractivity contribution in [1.29, 1.82) is 0 Å². The summed E-state index contributed by atoms with van der Waals surface area (Å²) in [5.74, 6) is -0.842. The lowest BCUT2D eigenvalue weighted by Crippen LogP contribution is -2.33. The predicted octanol–water partition coefficient (Wildman–Crippen LogP) is 3.07. The van der Waals surface area contributed by atoms with Crippen molar-refractivity contribution in [2.75, 3.05) is 26.6 Å². The van der Waals surface area contributed by atoms with Crippen molar-refractivity contribution in [3.05, 3.63) is 81.7 Å². The molecule has 12 heteroatoms. The highest BCUT2D eigenvalue weighted by Crippen LogP contribution is 2.31. The molecule has 37 heavy (non-hydrogen) atoms. The Hall–Kier alpha value is -4.42. The van der Waals surface area contributed by atoms with Crippen molar-refractivity contribution in [2.24, 2.45) is 0 Å². The van der Waals surface area contributed by atoms with Gasteiger partial charge in [-0.15, -0.1) is 11.3 Å². The molecule has 2 heterocycles. The van der Waals surface area contributed by atoms with E-state index in [0.717, 1.165) is 26.5 Å². The maximum Gasteiger partial charge on any atom is 0.329 e. The number of hydrogen-bond donors (Lipinski definition) is 3. The molecule has 1 atom stereocenters. The summed E-state index contributed by atoms with van der Waals surface area (Å²) < 4.78 is 6.18. The van der Waals surface area contributed by atoms with Gasteiger partial charge in [-0.25, -0.2) is 19.4 Å². The topological polar surface area (TPSA) is 139 Å². The van der Waals surface area contributed by atoms with E-state index in [1.807, 2.05) is 30.3 Å². The van der Waals surface area contributed by atoms with Crippen LogP contribution in [0.5, 0.6) is 11.6 Å². The smallest absolute Gasteiger partial charge is 0.329 e. The van der Waals surface area contributed by atoms with Crippen molar-refractivity contribution in [2.45, 2.75) is 12.5 Å². The third-order valence-corrected chi connectivity index (χ3v) is 6.44. The molecule has 0 radical (unpaired) electrons. The first-order valence-corrected chi connectivity index (χ1v) is 12.0. The third kappa shape index (κ3) is 5.55. The van der Waals surface area contributed by atoms with Crippen LogP contribution in [0.2, 0.25) is 0 Å². The number of benzene rings is 2. The Bertz CT molecular complexity index is 1440. The number of thiazole rings is 1. The van der Waals surface area contributed by atoms with Crippen LogP contribution in [0.1, 0.15) is 22.1 Å². The van der Waals surface area contributed by atoms with E-state index in [9.17, 15) is 19.5 Å². The Labute approximate surface area is 215 Å². The number of methoxy groups -OCH3 is 1. The highest BCUT2D eigenvalue weighted by atomic mass is 32.1. The Morgan fingerprint density at radius 3 is 2.51 bits per heavy atom. The van der Waals surface area contributed by atoms with Gasteiger partial charge in [-0.1, -0.05) is 30.3 Å². The molecular formula is C25H25N5O6S. The number of hydrogen-bond acceptors (Lipinski definition) is 8. The van der Waals surface area contributed by atoms with E-state index in [1.54, 1.807) is 24.3 Å². The summed E-state index contributed by atoms with van der Waals surface area (Å²) in [5.41, 5.74) is 0.920. The second-order valence-electron chi connectivity index (χ2n) is 7.95. The summed E-state index contributed by atoms with van der Waals surface area (Å²) in [6, 6.07) is 14.8. The van der Waals surface area contributed by atoms with E-state index in [0.29, 0.717) is 11.3 Å². The van der Waals surface area contributed by atoms with Crippen molar-refractivity contribution >= 4 is 28.3 Å². The molecule has 4 aromatic rings. The Kier molecular flexibility index (Phi) is 7.70. The van der Waals surface area contributed by atoms with E-state index in [-0.39, 0.29) is 28.8 Å². The first kappa shape index (κ1) is 25.7. The van der Waals surface area contributed by atoms with E-state index >= 15 is 0 Å². The lowest BCUT2D eigenvalue weighted by Gasteiger charge is -2.18. The van der Waals surface area contributed by atoms with Crippen molar-refractivity contribution in [3.63, 3.8) is 0 Å². The number of carbonyl (C=O) groups excluding carboxylic acids is 2. The van der Waals surface area contributed by atoms with Crippen LogP contribution in [-0.4, -0.2) is 57.8 Å². The number of aromatic nitrogens is 3. The SMILES string of the molecule is COc1ccc(-c2[nH]c(=O)n([C@@H](Cc3ccccc3)C(=O)Nc3nc(C(=O)N(C)OC)cs3)c2O)cc1. The normalized spacial score (nSPS) is 11.6. The number of hydroxylamine groups is 2. The number of nitrogens with one attached hydrogen (secondary N) is 2. The van der Waals surface area contributed by atoms with Gasteiger partial charge in [-0.2, -0.15) is 0 Å². The minimum Gasteiger partial charge on any atom is -0.497 e. The minimum absolute atomic E-state index is 0.0905. The molecule has 0 aliphatic carbocycles. The zero-order chi connectivity index (χ0) is 26.5. The summed E-state index contributed by atoms with van der Waals surface area (Å²) in [6.07, 6.45) is 0.115. The monoisotopic (exact) mass is 523 g/mol. The number of nitrogens with zero attached hydrogens (tertiary/aromatic N) is 3. The zero-order valence-corrected chi connectivity index (χ0v) is 21.1. The van der Waals surface area contributed by atoms with Crippen LogP contribution in [-0.2, 0) is 16.1 Å². The molecule has 0 unspecified atom stereocenters. The molecule has 0 aliphatic heterocycles. The van der Waals surface area contributed by atoms with Crippen molar-refractivity contribution in [3.8, 4) is 22.9 Å². The molecule has 0 saturated heterocycles. The molecule has 3 N–H and O–H groups in total. The number of ether oxygens (including phenoxy) is 1. The lowest BCUT2D eigenvalue weighted by molar-refractivity contribution is -0.119. The van der Waals surface area contributed by atoms with Crippen LogP contribution < -0.4 is 15.7 Å². The van der Waals surface area contributed by atoms with E-state index in [4.69, 9.17) is 9.57 Å². The van der Waals surface area contributed by atoms with Gasteiger partial charge in [0.15, 0.2) is 5.13 Å². The first-order chi connectivity index (χ1) is 17.8. The summed E-state index contributed by atoms with van der Waals surface area (Å²) in [7, 11) is 4.33. The molecule has 2 aromatic carbocycles. The predicted molar refractivity (Wildman–Crippen MR) is 138 cm³/mol. The van der Waals surface area contributed by atoms with Crippen LogP contribution in [0.4, 0.5) is 5.13 Å². The van der Waals surface area contributed by atoms with Gasteiger partial charge in [0.2, 0.25) is 11.8 Å². The third-order valence-electron chi connectivity index (χ3n) is 5.68. The van der Waals surface area contributed by atoms with E-state index in [2.05, 4.69) is 15.3 Å². The molecule has 0 spiro atoms. The summed E-state index contributed by atoms with van der Waals surface area (Å²) in [6.45, 7) is 0. The zero-order valence-electron chi connectivity index (χ0n) is 20.3. The van der Waals surface area contributed by atoms with Gasteiger partial charge >= 0.3 is 5.69 Å². The van der Waals surface area contributed by atoms with E-state index in [1.165, 1.54) is 26.6 Å². The van der Waals surface area contributed by atoms with Crippen LogP contribution in [0.15, 0.2) is 64.8 Å². The van der Waals surface area contributed by atoms with E-state index < -0.39 is 23.5 Å². The largest absolute Gasteiger partial charge is 0.497 e. The highest BCUT2D eigenvalue weighted by molar-refractivity contribution is 7.14. The van der Waals surface area contributed by atoms with Crippen molar-refractivity contribution in [1.82, 2.24) is 19.6 Å². The Morgan fingerprint density at radius 1 is 1.16 bits per heavy atom. The number of rotatable bonds is 9. The molecule has 0 fully saturated rings. The molecular weight excluding hydrogens is 498 g/mol. The fourth-order valence-corrected chi connectivity index (χ4v) is 4.38. The van der Waals surface area contributed by atoms with Crippen molar-refractivity contribution < 1.29 is 24.3 Å². The van der Waals surface area contributed by atoms with Crippen LogP contribution >= 0.6 is 11.3 Å². The fraction of sp³-hybridized carbons (Fsp3) is 0.200. The second kappa shape index (κ2) is 11.1. The molecule has 4 rings (SSSR count). The minimum atomic E-state index is -1.12. The van der Waals surface area contributed by atoms with Gasteiger partial charge < -0.3 is 20.1 Å². The average molecular weight is 524 g/mol. The number of imidazole rings is 1. The van der Waals surface area contributed by atoms with Gasteiger partial charge in [0.25, 0.3) is 5.91 Å². The van der Waals surface area contributed by atoms with Gasteiger partial charge in [0, 0.05) is 24.4 Å². The Morgan fingerprint density at radius 2 is 1.86 bits per heavy atom. The molecule has 2 aromatic heterocycles. The maximum atomic E-state index is 13.5. The quantitative estimate of drug-likeness (QED) is 0.287. The van der Waals surface area contributed by atoms with Gasteiger partial charge in [-0.05, 0) is 29.8 Å². The maximum absolute atomic E-state index is 13.5. The van der Waals surface area contributed by atoms with Crippen LogP contribution in [0.25, 0.3) is 11.3 Å². The van der Waals surface area contributed by atoms with Crippen LogP contribution in [0.3, 0.4) is 0 Å². The van der Waals surface area contributed by atoms with Crippen LogP contribution in [0, 0.1) is 0 Å². The standard InChI is InChI=1S/C25H25N5O6S/c1-29(36-3)22(32)18-14-37-24(26-18)28-21(31)19(13-15-7-5-4-6-8-15)30-23(33)20(27-25(30)34)16-9-11-17(35-2)12-10-16/h4-12,14,19,33H,13H2,1-3H3,(H,27,34)(H,26,28,31)/t19-/m0/s1. The number of amides is 2. The molecule has 0 bridgehead atoms. The molecule has 11 nitrogen and oxygen atoms in total. The van der Waals surface area contributed by atoms with Gasteiger partial charge in [-0.3, -0.25) is 14.4 Å². The summed E-state index contributed by atoms with van der Waals surface area (Å²) in [5, 5.41) is 16.4. The Balaban J connectivity index is 1.68. The molecule has 192 valence electrons. The van der Waals surface area contributed by atoms with Gasteiger partial charge in [0.05, 0.1) is 14.2 Å². The number of carbonyl (C=O) groups is 2. The highest BCUT2D eigenvalue weighted by Gasteiger charge is 2.29. The second-order valence-corrected chi connectivity index (χ2v) is 8.80. The fourth-order valence-electron chi connectivity index (χ4n) is 3.69. The average Bonchev–Trinajstić information content (AvgIpc) is 3.50. The first-order valence-electron chi connectivity index (χ1n) is 11.1. The molecule has 2 amide bonds. The number of aromatic hydroxyl groups is 1. The number of anilines is 1. The lowest BCUT2D eigenvalue weighted by atomic mass is 10.0. The number of aromatic amines is 1. The molecule has 0 aliphatic rings. The molecule has 0 saturated carbocycles.